The van der Waals surface area contributed by atoms with Gasteiger partial charge in [-0.2, -0.15) is 13.5 Å². The molecule has 1 aliphatic rings. The smallest absolute Gasteiger partial charge is 0.284 e. The highest BCUT2D eigenvalue weighted by molar-refractivity contribution is 7.90. The summed E-state index contributed by atoms with van der Waals surface area (Å²) in [7, 11) is -4.13. The van der Waals surface area contributed by atoms with Gasteiger partial charge in [0.2, 0.25) is 0 Å². The van der Waals surface area contributed by atoms with Crippen molar-refractivity contribution < 1.29 is 8.42 Å². The lowest BCUT2D eigenvalue weighted by molar-refractivity contribution is 0.473. The van der Waals surface area contributed by atoms with E-state index in [0.717, 1.165) is 16.8 Å². The fourth-order valence-corrected chi connectivity index (χ4v) is 5.04. The molecular formula is C27H26Cl2N4O2S. The van der Waals surface area contributed by atoms with Crippen LogP contribution in [0.5, 0.6) is 0 Å². The van der Waals surface area contributed by atoms with E-state index in [0.29, 0.717) is 16.6 Å². The summed E-state index contributed by atoms with van der Waals surface area (Å²) in [6.07, 6.45) is 0. The molecular weight excluding hydrogens is 515 g/mol. The highest BCUT2D eigenvalue weighted by Gasteiger charge is 2.36. The van der Waals surface area contributed by atoms with Crippen LogP contribution in [0.25, 0.3) is 0 Å². The van der Waals surface area contributed by atoms with Crippen molar-refractivity contribution in [2.24, 2.45) is 14.9 Å². The topological polar surface area (TPSA) is 85.9 Å². The van der Waals surface area contributed by atoms with E-state index in [1.54, 1.807) is 12.1 Å². The first-order chi connectivity index (χ1) is 17.0. The zero-order valence-corrected chi connectivity index (χ0v) is 22.4. The molecule has 9 heteroatoms. The Morgan fingerprint density at radius 1 is 0.944 bits per heavy atom. The molecule has 0 bridgehead atoms. The predicted octanol–water partition coefficient (Wildman–Crippen LogP) is 6.65. The van der Waals surface area contributed by atoms with E-state index in [-0.39, 0.29) is 22.4 Å². The quantitative estimate of drug-likeness (QED) is 0.290. The van der Waals surface area contributed by atoms with Gasteiger partial charge < -0.3 is 5.41 Å². The SMILES string of the molecule is CC(C)(C)C(=N)/C(=N\S(=O)(=O)c1ccc(Cl)cc1)N1CC(c2ccccc2)C(c2ccc(Cl)cc2)=N1. The van der Waals surface area contributed by atoms with Crippen LogP contribution < -0.4 is 0 Å². The van der Waals surface area contributed by atoms with Gasteiger partial charge in [-0.15, -0.1) is 4.40 Å². The van der Waals surface area contributed by atoms with Gasteiger partial charge in [0.05, 0.1) is 22.9 Å². The highest BCUT2D eigenvalue weighted by Crippen LogP contribution is 2.31. The molecule has 186 valence electrons. The van der Waals surface area contributed by atoms with Gasteiger partial charge in [0.25, 0.3) is 10.0 Å². The second-order valence-corrected chi connectivity index (χ2v) is 12.0. The third-order valence-corrected chi connectivity index (χ3v) is 7.58. The van der Waals surface area contributed by atoms with Crippen molar-refractivity contribution in [1.82, 2.24) is 5.01 Å². The number of nitrogens with zero attached hydrogens (tertiary/aromatic N) is 3. The molecule has 1 heterocycles. The molecule has 0 amide bonds. The van der Waals surface area contributed by atoms with Crippen LogP contribution in [-0.2, 0) is 10.0 Å². The Hall–Kier alpha value is -3.00. The largest absolute Gasteiger partial charge is 0.301 e. The lowest BCUT2D eigenvalue weighted by Crippen LogP contribution is -2.39. The first-order valence-electron chi connectivity index (χ1n) is 11.3. The normalized spacial score (nSPS) is 16.7. The van der Waals surface area contributed by atoms with Gasteiger partial charge in [-0.05, 0) is 47.5 Å². The van der Waals surface area contributed by atoms with Gasteiger partial charge in [0.1, 0.15) is 0 Å². The Balaban J connectivity index is 1.85. The first-order valence-corrected chi connectivity index (χ1v) is 13.5. The van der Waals surface area contributed by atoms with Crippen LogP contribution in [0.4, 0.5) is 0 Å². The van der Waals surface area contributed by atoms with Crippen molar-refractivity contribution in [2.75, 3.05) is 6.54 Å². The van der Waals surface area contributed by atoms with E-state index in [2.05, 4.69) is 4.40 Å². The Bertz CT molecular complexity index is 1430. The number of amidine groups is 1. The van der Waals surface area contributed by atoms with Crippen LogP contribution in [0.15, 0.2) is 93.3 Å². The second-order valence-electron chi connectivity index (χ2n) is 9.51. The third kappa shape index (κ3) is 5.69. The van der Waals surface area contributed by atoms with Crippen molar-refractivity contribution in [2.45, 2.75) is 31.6 Å². The predicted molar refractivity (Wildman–Crippen MR) is 147 cm³/mol. The number of hydrazone groups is 1. The van der Waals surface area contributed by atoms with Crippen LogP contribution in [0, 0.1) is 10.8 Å². The summed E-state index contributed by atoms with van der Waals surface area (Å²) in [4.78, 5) is -0.00757. The molecule has 6 nitrogen and oxygen atoms in total. The Morgan fingerprint density at radius 3 is 2.06 bits per heavy atom. The van der Waals surface area contributed by atoms with E-state index in [1.165, 1.54) is 29.3 Å². The highest BCUT2D eigenvalue weighted by atomic mass is 35.5. The molecule has 0 radical (unpaired) electrons. The van der Waals surface area contributed by atoms with Crippen molar-refractivity contribution in [3.8, 4) is 0 Å². The molecule has 0 saturated carbocycles. The lowest BCUT2D eigenvalue weighted by Gasteiger charge is -2.26. The summed E-state index contributed by atoms with van der Waals surface area (Å²) < 4.78 is 30.7. The average molecular weight is 542 g/mol. The maximum Gasteiger partial charge on any atom is 0.284 e. The van der Waals surface area contributed by atoms with Gasteiger partial charge in [-0.1, -0.05) is 86.4 Å². The summed E-state index contributed by atoms with van der Waals surface area (Å²) in [6.45, 7) is 5.85. The summed E-state index contributed by atoms with van der Waals surface area (Å²) in [6, 6.07) is 23.0. The fourth-order valence-electron chi connectivity index (χ4n) is 3.79. The number of nitrogens with one attached hydrogen (secondary N) is 1. The maximum atomic E-state index is 13.3. The Kier molecular flexibility index (Phi) is 7.36. The molecule has 0 aliphatic carbocycles. The van der Waals surface area contributed by atoms with Gasteiger partial charge in [-0.25, -0.2) is 5.01 Å². The van der Waals surface area contributed by atoms with E-state index in [1.807, 2.05) is 63.2 Å². The van der Waals surface area contributed by atoms with Crippen LogP contribution in [0.1, 0.15) is 37.8 Å². The standard InChI is InChI=1S/C27H26Cl2N4O2S/c1-27(2,3)25(30)26(32-36(34,35)22-15-13-21(29)14-16-22)33-17-23(18-7-5-4-6-8-18)24(31-33)19-9-11-20(28)12-10-19/h4-16,23,30H,17H2,1-3H3/b30-25?,32-26+. The summed E-state index contributed by atoms with van der Waals surface area (Å²) in [5, 5.41) is 16.2. The molecule has 0 spiro atoms. The summed E-state index contributed by atoms with van der Waals surface area (Å²) in [5.41, 5.74) is 2.02. The number of hydrogen-bond donors (Lipinski definition) is 1. The minimum atomic E-state index is -4.13. The number of benzene rings is 3. The van der Waals surface area contributed by atoms with Crippen LogP contribution in [-0.4, -0.2) is 37.2 Å². The molecule has 4 rings (SSSR count). The van der Waals surface area contributed by atoms with Gasteiger partial charge >= 0.3 is 0 Å². The van der Waals surface area contributed by atoms with Crippen molar-refractivity contribution in [3.05, 3.63) is 100 Å². The minimum Gasteiger partial charge on any atom is -0.301 e. The molecule has 0 fully saturated rings. The van der Waals surface area contributed by atoms with Gasteiger partial charge in [0.15, 0.2) is 5.84 Å². The molecule has 3 aromatic carbocycles. The minimum absolute atomic E-state index is 0.00757. The van der Waals surface area contributed by atoms with Crippen LogP contribution >= 0.6 is 23.2 Å². The van der Waals surface area contributed by atoms with Gasteiger partial charge in [-0.3, -0.25) is 0 Å². The van der Waals surface area contributed by atoms with E-state index >= 15 is 0 Å². The number of hydrogen-bond acceptors (Lipinski definition) is 4. The monoisotopic (exact) mass is 540 g/mol. The van der Waals surface area contributed by atoms with E-state index in [4.69, 9.17) is 33.7 Å². The average Bonchev–Trinajstić information content (AvgIpc) is 3.28. The van der Waals surface area contributed by atoms with Gasteiger partial charge in [0, 0.05) is 21.4 Å². The fraction of sp³-hybridized carbons (Fsp3) is 0.222. The molecule has 1 unspecified atom stereocenters. The summed E-state index contributed by atoms with van der Waals surface area (Å²) >= 11 is 12.1. The molecule has 1 aliphatic heterocycles. The van der Waals surface area contributed by atoms with Crippen LogP contribution in [0.3, 0.4) is 0 Å². The van der Waals surface area contributed by atoms with E-state index in [9.17, 15) is 8.42 Å². The van der Waals surface area contributed by atoms with Crippen molar-refractivity contribution in [1.29, 1.82) is 5.41 Å². The molecule has 0 aromatic heterocycles. The zero-order chi connectivity index (χ0) is 26.1. The van der Waals surface area contributed by atoms with Crippen molar-refractivity contribution >= 4 is 50.5 Å². The molecule has 3 aromatic rings. The number of sulfonamides is 1. The maximum absolute atomic E-state index is 13.3. The Morgan fingerprint density at radius 2 is 1.50 bits per heavy atom. The first kappa shape index (κ1) is 26.1. The van der Waals surface area contributed by atoms with E-state index < -0.39 is 15.4 Å². The zero-order valence-electron chi connectivity index (χ0n) is 20.1. The van der Waals surface area contributed by atoms with Crippen molar-refractivity contribution in [3.63, 3.8) is 0 Å². The van der Waals surface area contributed by atoms with Crippen LogP contribution in [0.2, 0.25) is 10.0 Å². The molecule has 36 heavy (non-hydrogen) atoms. The summed E-state index contributed by atoms with van der Waals surface area (Å²) in [5.74, 6) is -0.175. The number of rotatable bonds is 5. The molecule has 1 N–H and O–H groups in total. The second kappa shape index (κ2) is 10.2. The Labute approximate surface area is 221 Å². The molecule has 1 atom stereocenters. The number of halogens is 2. The third-order valence-electron chi connectivity index (χ3n) is 5.79. The molecule has 0 saturated heterocycles. The lowest BCUT2D eigenvalue weighted by atomic mass is 9.88.